The molecule has 0 unspecified atom stereocenters. The van der Waals surface area contributed by atoms with Crippen LogP contribution in [-0.4, -0.2) is 9.97 Å². The average molecular weight is 807 g/mol. The zero-order valence-electron chi connectivity index (χ0n) is 33.7. The van der Waals surface area contributed by atoms with Crippen LogP contribution in [0.5, 0.6) is 0 Å². The minimum Gasteiger partial charge on any atom is -0.228 e. The SMILES string of the molecule is c1ccc(-c2nc(-c3ccc(-c4ccc5sc6ccccc6c5c4)cc3)cc(-c3ccc(-c4ccccc4C4(c5ccccc5)c5ccccc5-c5ccccc54)cc3)n2)cc1. The van der Waals surface area contributed by atoms with E-state index in [1.54, 1.807) is 0 Å². The number of thiophene rings is 1. The summed E-state index contributed by atoms with van der Waals surface area (Å²) in [6.07, 6.45) is 0. The first-order chi connectivity index (χ1) is 30.7. The van der Waals surface area contributed by atoms with Crippen molar-refractivity contribution in [2.45, 2.75) is 5.41 Å². The van der Waals surface area contributed by atoms with Gasteiger partial charge in [0.15, 0.2) is 5.82 Å². The lowest BCUT2D eigenvalue weighted by atomic mass is 9.66. The molecular weight excluding hydrogens is 769 g/mol. The van der Waals surface area contributed by atoms with Crippen molar-refractivity contribution >= 4 is 31.5 Å². The molecule has 0 atom stereocenters. The molecule has 3 heteroatoms. The van der Waals surface area contributed by atoms with Gasteiger partial charge in [-0.2, -0.15) is 0 Å². The van der Waals surface area contributed by atoms with Crippen molar-refractivity contribution in [2.24, 2.45) is 0 Å². The highest BCUT2D eigenvalue weighted by Crippen LogP contribution is 2.57. The van der Waals surface area contributed by atoms with Gasteiger partial charge in [-0.3, -0.25) is 0 Å². The Labute approximate surface area is 365 Å². The van der Waals surface area contributed by atoms with Gasteiger partial charge in [-0.05, 0) is 79.9 Å². The molecular formula is C59H38N2S. The van der Waals surface area contributed by atoms with E-state index in [2.05, 4.69) is 212 Å². The molecule has 0 spiro atoms. The normalized spacial score (nSPS) is 12.6. The highest BCUT2D eigenvalue weighted by Gasteiger charge is 2.46. The molecule has 9 aromatic carbocycles. The standard InChI is InChI=1S/C59H38N2S/c1-3-15-43(16-4-1)58-60-54(41-31-27-39(28-32-41)44-35-36-57-50(37-44)49-22-10-14-26-56(49)62-57)38-55(61-58)42-33-29-40(30-34-42)46-19-7-11-23-51(46)59(45-17-5-2-6-18-45)52-24-12-8-20-47(52)48-21-9-13-25-53(48)59/h1-38H. The lowest BCUT2D eigenvalue weighted by Crippen LogP contribution is -2.29. The molecule has 1 aliphatic rings. The molecule has 0 saturated carbocycles. The Morgan fingerprint density at radius 1 is 0.306 bits per heavy atom. The Kier molecular flexibility index (Phi) is 8.62. The first-order valence-corrected chi connectivity index (χ1v) is 22.0. The lowest BCUT2D eigenvalue weighted by molar-refractivity contribution is 0.770. The second kappa shape index (κ2) is 14.8. The van der Waals surface area contributed by atoms with E-state index >= 15 is 0 Å². The summed E-state index contributed by atoms with van der Waals surface area (Å²) in [5.41, 5.74) is 16.8. The smallest absolute Gasteiger partial charge is 0.160 e. The van der Waals surface area contributed by atoms with Gasteiger partial charge in [0.1, 0.15) is 0 Å². The van der Waals surface area contributed by atoms with Crippen LogP contribution in [0.15, 0.2) is 231 Å². The molecule has 0 N–H and O–H groups in total. The van der Waals surface area contributed by atoms with Crippen LogP contribution in [0.25, 0.3) is 87.5 Å². The van der Waals surface area contributed by atoms with E-state index < -0.39 is 5.41 Å². The summed E-state index contributed by atoms with van der Waals surface area (Å²) < 4.78 is 2.63. The monoisotopic (exact) mass is 806 g/mol. The second-order valence-electron chi connectivity index (χ2n) is 16.0. The number of fused-ring (bicyclic) bond motifs is 6. The van der Waals surface area contributed by atoms with E-state index in [0.717, 1.165) is 33.6 Å². The molecule has 2 aromatic heterocycles. The first-order valence-electron chi connectivity index (χ1n) is 21.1. The Hall–Kier alpha value is -7.72. The van der Waals surface area contributed by atoms with Crippen LogP contribution < -0.4 is 0 Å². The zero-order valence-corrected chi connectivity index (χ0v) is 34.6. The van der Waals surface area contributed by atoms with Gasteiger partial charge in [-0.15, -0.1) is 11.3 Å². The molecule has 0 aliphatic heterocycles. The predicted octanol–water partition coefficient (Wildman–Crippen LogP) is 15.5. The van der Waals surface area contributed by atoms with Crippen LogP contribution in [-0.2, 0) is 5.41 Å². The van der Waals surface area contributed by atoms with Crippen LogP contribution in [0.3, 0.4) is 0 Å². The molecule has 0 amide bonds. The summed E-state index contributed by atoms with van der Waals surface area (Å²) in [5.74, 6) is 0.703. The van der Waals surface area contributed by atoms with Gasteiger partial charge >= 0.3 is 0 Å². The molecule has 1 aliphatic carbocycles. The maximum atomic E-state index is 5.19. The number of aromatic nitrogens is 2. The summed E-state index contributed by atoms with van der Waals surface area (Å²) in [6, 6.07) is 83.5. The predicted molar refractivity (Wildman–Crippen MR) is 259 cm³/mol. The second-order valence-corrected chi connectivity index (χ2v) is 17.1. The maximum Gasteiger partial charge on any atom is 0.160 e. The van der Waals surface area contributed by atoms with E-state index in [-0.39, 0.29) is 0 Å². The van der Waals surface area contributed by atoms with Gasteiger partial charge in [0.05, 0.1) is 16.8 Å². The summed E-state index contributed by atoms with van der Waals surface area (Å²) >= 11 is 1.85. The topological polar surface area (TPSA) is 25.8 Å². The van der Waals surface area contributed by atoms with E-state index in [4.69, 9.17) is 9.97 Å². The zero-order chi connectivity index (χ0) is 41.0. The number of benzene rings is 9. The van der Waals surface area contributed by atoms with Crippen LogP contribution in [0.1, 0.15) is 22.3 Å². The van der Waals surface area contributed by atoms with Gasteiger partial charge in [-0.1, -0.05) is 206 Å². The minimum atomic E-state index is -0.490. The Morgan fingerprint density at radius 2 is 0.774 bits per heavy atom. The highest BCUT2D eigenvalue weighted by molar-refractivity contribution is 7.25. The molecule has 0 fully saturated rings. The first kappa shape index (κ1) is 36.2. The number of hydrogen-bond donors (Lipinski definition) is 0. The molecule has 11 aromatic rings. The molecule has 2 heterocycles. The van der Waals surface area contributed by atoms with Gasteiger partial charge in [0.2, 0.25) is 0 Å². The molecule has 62 heavy (non-hydrogen) atoms. The average Bonchev–Trinajstić information content (AvgIpc) is 3.88. The molecule has 290 valence electrons. The molecule has 0 saturated heterocycles. The van der Waals surface area contributed by atoms with E-state index in [0.29, 0.717) is 5.82 Å². The quantitative estimate of drug-likeness (QED) is 0.160. The summed E-state index contributed by atoms with van der Waals surface area (Å²) in [4.78, 5) is 10.3. The number of hydrogen-bond acceptors (Lipinski definition) is 3. The highest BCUT2D eigenvalue weighted by atomic mass is 32.1. The number of nitrogens with zero attached hydrogens (tertiary/aromatic N) is 2. The van der Waals surface area contributed by atoms with Crippen molar-refractivity contribution in [2.75, 3.05) is 0 Å². The summed E-state index contributed by atoms with van der Waals surface area (Å²) in [6.45, 7) is 0. The summed E-state index contributed by atoms with van der Waals surface area (Å²) in [5, 5.41) is 2.62. The molecule has 12 rings (SSSR count). The van der Waals surface area contributed by atoms with Crippen LogP contribution in [0.4, 0.5) is 0 Å². The van der Waals surface area contributed by atoms with Crippen molar-refractivity contribution < 1.29 is 0 Å². The van der Waals surface area contributed by atoms with Crippen molar-refractivity contribution in [1.82, 2.24) is 9.97 Å². The lowest BCUT2D eigenvalue weighted by Gasteiger charge is -2.35. The largest absolute Gasteiger partial charge is 0.228 e. The van der Waals surface area contributed by atoms with Gasteiger partial charge < -0.3 is 0 Å². The Morgan fingerprint density at radius 3 is 1.42 bits per heavy atom. The summed E-state index contributed by atoms with van der Waals surface area (Å²) in [7, 11) is 0. The van der Waals surface area contributed by atoms with Crippen LogP contribution in [0.2, 0.25) is 0 Å². The molecule has 0 bridgehead atoms. The third-order valence-corrected chi connectivity index (χ3v) is 13.8. The third-order valence-electron chi connectivity index (χ3n) is 12.6. The van der Waals surface area contributed by atoms with E-state index in [1.165, 1.54) is 70.2 Å². The molecule has 2 nitrogen and oxygen atoms in total. The van der Waals surface area contributed by atoms with Gasteiger partial charge in [0, 0.05) is 36.9 Å². The van der Waals surface area contributed by atoms with Gasteiger partial charge in [0.25, 0.3) is 0 Å². The minimum absolute atomic E-state index is 0.490. The van der Waals surface area contributed by atoms with Crippen molar-refractivity contribution in [3.63, 3.8) is 0 Å². The third kappa shape index (κ3) is 5.85. The fourth-order valence-electron chi connectivity index (χ4n) is 9.76. The Bertz CT molecular complexity index is 3400. The van der Waals surface area contributed by atoms with E-state index in [1.807, 2.05) is 29.5 Å². The van der Waals surface area contributed by atoms with Crippen LogP contribution >= 0.6 is 11.3 Å². The van der Waals surface area contributed by atoms with Crippen molar-refractivity contribution in [1.29, 1.82) is 0 Å². The fourth-order valence-corrected chi connectivity index (χ4v) is 10.8. The number of rotatable bonds is 7. The fraction of sp³-hybridized carbons (Fsp3) is 0.0169. The Balaban J connectivity index is 0.944. The van der Waals surface area contributed by atoms with Crippen molar-refractivity contribution in [3.8, 4) is 67.3 Å². The van der Waals surface area contributed by atoms with Gasteiger partial charge in [-0.25, -0.2) is 9.97 Å². The molecule has 0 radical (unpaired) electrons. The van der Waals surface area contributed by atoms with Crippen molar-refractivity contribution in [3.05, 3.63) is 253 Å². The van der Waals surface area contributed by atoms with Crippen LogP contribution in [0, 0.1) is 0 Å². The van der Waals surface area contributed by atoms with E-state index in [9.17, 15) is 0 Å². The maximum absolute atomic E-state index is 5.19.